The fourth-order valence-electron chi connectivity index (χ4n) is 1.37. The van der Waals surface area contributed by atoms with Crippen LogP contribution in [0.3, 0.4) is 0 Å². The first kappa shape index (κ1) is 12.6. The van der Waals surface area contributed by atoms with Gasteiger partial charge in [-0.25, -0.2) is 5.48 Å². The van der Waals surface area contributed by atoms with E-state index in [2.05, 4.69) is 5.48 Å². The van der Waals surface area contributed by atoms with Crippen molar-refractivity contribution in [2.75, 3.05) is 6.61 Å². The fraction of sp³-hybridized carbons (Fsp3) is 0.182. The average molecular weight is 290 g/mol. The third-order valence-corrected chi connectivity index (χ3v) is 4.00. The zero-order valence-corrected chi connectivity index (χ0v) is 11.2. The zero-order valence-electron chi connectivity index (χ0n) is 8.92. The Kier molecular flexibility index (Phi) is 3.89. The molecule has 0 bridgehead atoms. The highest BCUT2D eigenvalue weighted by atomic mass is 35.5. The minimum absolute atomic E-state index is 0.339. The maximum absolute atomic E-state index is 11.7. The molecule has 0 radical (unpaired) electrons. The van der Waals surface area contributed by atoms with Gasteiger partial charge in [-0.1, -0.05) is 29.3 Å². The molecule has 6 heteroatoms. The summed E-state index contributed by atoms with van der Waals surface area (Å²) in [6.45, 7) is 2.19. The standard InChI is InChI=1S/C11H9Cl2NO2S/c1-2-16-14-11(15)10-9(13)7-4-3-6(12)5-8(7)17-10/h3-5H,2H2,1H3,(H,14,15). The van der Waals surface area contributed by atoms with Gasteiger partial charge in [0.05, 0.1) is 11.6 Å². The number of benzene rings is 1. The van der Waals surface area contributed by atoms with Crippen LogP contribution in [0.4, 0.5) is 0 Å². The predicted molar refractivity (Wildman–Crippen MR) is 70.9 cm³/mol. The molecule has 0 fully saturated rings. The molecule has 1 aromatic heterocycles. The number of hydroxylamine groups is 1. The Morgan fingerprint density at radius 1 is 1.47 bits per heavy atom. The van der Waals surface area contributed by atoms with Gasteiger partial charge in [-0.3, -0.25) is 9.63 Å². The number of nitrogens with one attached hydrogen (secondary N) is 1. The summed E-state index contributed by atoms with van der Waals surface area (Å²) in [5.41, 5.74) is 2.32. The zero-order chi connectivity index (χ0) is 12.4. The highest BCUT2D eigenvalue weighted by molar-refractivity contribution is 7.21. The van der Waals surface area contributed by atoms with Crippen molar-refractivity contribution in [1.82, 2.24) is 5.48 Å². The Morgan fingerprint density at radius 3 is 2.94 bits per heavy atom. The van der Waals surface area contributed by atoms with Crippen LogP contribution in [0.2, 0.25) is 10.0 Å². The summed E-state index contributed by atoms with van der Waals surface area (Å²) in [5.74, 6) is -0.339. The van der Waals surface area contributed by atoms with E-state index in [4.69, 9.17) is 28.0 Å². The Bertz CT molecular complexity index is 568. The van der Waals surface area contributed by atoms with Crippen LogP contribution in [-0.2, 0) is 4.84 Å². The van der Waals surface area contributed by atoms with Crippen LogP contribution in [0.1, 0.15) is 16.6 Å². The summed E-state index contributed by atoms with van der Waals surface area (Å²) in [5, 5.41) is 1.87. The van der Waals surface area contributed by atoms with Crippen molar-refractivity contribution < 1.29 is 9.63 Å². The van der Waals surface area contributed by atoms with Crippen LogP contribution < -0.4 is 5.48 Å². The van der Waals surface area contributed by atoms with Crippen molar-refractivity contribution in [3.8, 4) is 0 Å². The van der Waals surface area contributed by atoms with Gasteiger partial charge in [0.15, 0.2) is 0 Å². The molecule has 90 valence electrons. The lowest BCUT2D eigenvalue weighted by Crippen LogP contribution is -2.22. The van der Waals surface area contributed by atoms with Crippen molar-refractivity contribution in [1.29, 1.82) is 0 Å². The van der Waals surface area contributed by atoms with E-state index in [1.807, 2.05) is 0 Å². The monoisotopic (exact) mass is 289 g/mol. The van der Waals surface area contributed by atoms with Gasteiger partial charge in [0.2, 0.25) is 0 Å². The molecule has 3 nitrogen and oxygen atoms in total. The molecule has 0 spiro atoms. The second-order valence-electron chi connectivity index (χ2n) is 3.25. The molecular weight excluding hydrogens is 281 g/mol. The van der Waals surface area contributed by atoms with Crippen molar-refractivity contribution in [3.63, 3.8) is 0 Å². The Labute approximate surface area is 112 Å². The van der Waals surface area contributed by atoms with Crippen LogP contribution in [0.5, 0.6) is 0 Å². The third kappa shape index (κ3) is 2.55. The third-order valence-electron chi connectivity index (χ3n) is 2.11. The minimum Gasteiger partial charge on any atom is -0.274 e. The summed E-state index contributed by atoms with van der Waals surface area (Å²) in [6, 6.07) is 5.32. The fourth-order valence-corrected chi connectivity index (χ4v) is 3.05. The number of halogens is 2. The number of thiophene rings is 1. The molecule has 1 aromatic carbocycles. The SMILES string of the molecule is CCONC(=O)c1sc2cc(Cl)ccc2c1Cl. The van der Waals surface area contributed by atoms with Crippen molar-refractivity contribution in [2.45, 2.75) is 6.92 Å². The molecule has 1 heterocycles. The van der Waals surface area contributed by atoms with Crippen LogP contribution in [0, 0.1) is 0 Å². The summed E-state index contributed by atoms with van der Waals surface area (Å²) in [7, 11) is 0. The topological polar surface area (TPSA) is 38.3 Å². The molecular formula is C11H9Cl2NO2S. The molecule has 1 amide bonds. The number of carbonyl (C=O) groups excluding carboxylic acids is 1. The van der Waals surface area contributed by atoms with Crippen molar-refractivity contribution >= 4 is 50.5 Å². The van der Waals surface area contributed by atoms with Gasteiger partial charge in [0.25, 0.3) is 5.91 Å². The van der Waals surface area contributed by atoms with Gasteiger partial charge in [0.1, 0.15) is 4.88 Å². The van der Waals surface area contributed by atoms with E-state index >= 15 is 0 Å². The first-order chi connectivity index (χ1) is 8.13. The van der Waals surface area contributed by atoms with Crippen LogP contribution >= 0.6 is 34.5 Å². The van der Waals surface area contributed by atoms with E-state index in [1.54, 1.807) is 25.1 Å². The van der Waals surface area contributed by atoms with Crippen molar-refractivity contribution in [3.05, 3.63) is 33.1 Å². The molecule has 2 aromatic rings. The Hall–Kier alpha value is -0.810. The molecule has 0 aliphatic rings. The molecule has 0 aliphatic heterocycles. The van der Waals surface area contributed by atoms with Crippen molar-refractivity contribution in [2.24, 2.45) is 0 Å². The first-order valence-electron chi connectivity index (χ1n) is 4.93. The number of carbonyl (C=O) groups is 1. The number of hydrogen-bond acceptors (Lipinski definition) is 3. The highest BCUT2D eigenvalue weighted by Gasteiger charge is 2.17. The predicted octanol–water partition coefficient (Wildman–Crippen LogP) is 3.89. The lowest BCUT2D eigenvalue weighted by atomic mass is 10.2. The Balaban J connectivity index is 2.41. The maximum Gasteiger partial charge on any atom is 0.286 e. The van der Waals surface area contributed by atoms with Gasteiger partial charge in [-0.15, -0.1) is 11.3 Å². The average Bonchev–Trinajstić information content (AvgIpc) is 2.63. The van der Waals surface area contributed by atoms with Crippen LogP contribution in [-0.4, -0.2) is 12.5 Å². The van der Waals surface area contributed by atoms with E-state index in [-0.39, 0.29) is 5.91 Å². The second kappa shape index (κ2) is 5.23. The van der Waals surface area contributed by atoms with E-state index in [0.29, 0.717) is 21.5 Å². The molecule has 0 unspecified atom stereocenters. The van der Waals surface area contributed by atoms with Gasteiger partial charge < -0.3 is 0 Å². The highest BCUT2D eigenvalue weighted by Crippen LogP contribution is 2.36. The van der Waals surface area contributed by atoms with Gasteiger partial charge in [-0.05, 0) is 19.1 Å². The second-order valence-corrected chi connectivity index (χ2v) is 5.12. The molecule has 1 N–H and O–H groups in total. The largest absolute Gasteiger partial charge is 0.286 e. The quantitative estimate of drug-likeness (QED) is 0.871. The van der Waals surface area contributed by atoms with Crippen LogP contribution in [0.15, 0.2) is 18.2 Å². The maximum atomic E-state index is 11.7. The minimum atomic E-state index is -0.339. The van der Waals surface area contributed by atoms with Gasteiger partial charge >= 0.3 is 0 Å². The lowest BCUT2D eigenvalue weighted by Gasteiger charge is -2.01. The summed E-state index contributed by atoms with van der Waals surface area (Å²) >= 11 is 13.3. The molecule has 0 aliphatic carbocycles. The number of hydrogen-bond donors (Lipinski definition) is 1. The van der Waals surface area contributed by atoms with Crippen LogP contribution in [0.25, 0.3) is 10.1 Å². The summed E-state index contributed by atoms with van der Waals surface area (Å²) in [4.78, 5) is 17.0. The lowest BCUT2D eigenvalue weighted by molar-refractivity contribution is 0.0368. The molecule has 2 rings (SSSR count). The van der Waals surface area contributed by atoms with E-state index < -0.39 is 0 Å². The molecule has 0 saturated carbocycles. The molecule has 0 atom stereocenters. The van der Waals surface area contributed by atoms with E-state index in [9.17, 15) is 4.79 Å². The first-order valence-corrected chi connectivity index (χ1v) is 6.50. The molecule has 0 saturated heterocycles. The Morgan fingerprint density at radius 2 is 2.24 bits per heavy atom. The number of fused-ring (bicyclic) bond motifs is 1. The normalized spacial score (nSPS) is 10.8. The summed E-state index contributed by atoms with van der Waals surface area (Å²) < 4.78 is 0.879. The van der Waals surface area contributed by atoms with Gasteiger partial charge in [-0.2, -0.15) is 0 Å². The van der Waals surface area contributed by atoms with Gasteiger partial charge in [0, 0.05) is 15.1 Å². The smallest absolute Gasteiger partial charge is 0.274 e. The number of amides is 1. The van der Waals surface area contributed by atoms with E-state index in [1.165, 1.54) is 11.3 Å². The van der Waals surface area contributed by atoms with E-state index in [0.717, 1.165) is 10.1 Å². The number of rotatable bonds is 3. The molecule has 17 heavy (non-hydrogen) atoms. The summed E-state index contributed by atoms with van der Waals surface area (Å²) in [6.07, 6.45) is 0.